The average Bonchev–Trinajstić information content (AvgIpc) is 2.74. The Morgan fingerprint density at radius 2 is 1.52 bits per heavy atom. The van der Waals surface area contributed by atoms with Crippen LogP contribution >= 0.6 is 0 Å². The fraction of sp³-hybridized carbons (Fsp3) is 0.435. The molecule has 3 nitrogen and oxygen atoms in total. The molecule has 180 valence electrons. The van der Waals surface area contributed by atoms with E-state index >= 15 is 0 Å². The van der Waals surface area contributed by atoms with E-state index < -0.39 is 36.1 Å². The molecule has 1 saturated heterocycles. The van der Waals surface area contributed by atoms with Crippen molar-refractivity contribution in [3.63, 3.8) is 0 Å². The molecule has 0 spiro atoms. The van der Waals surface area contributed by atoms with Gasteiger partial charge in [-0.05, 0) is 60.8 Å². The van der Waals surface area contributed by atoms with Crippen molar-refractivity contribution in [1.82, 2.24) is 9.80 Å². The van der Waals surface area contributed by atoms with Gasteiger partial charge in [-0.2, -0.15) is 26.3 Å². The Balaban J connectivity index is 1.79. The third-order valence-electron chi connectivity index (χ3n) is 5.64. The van der Waals surface area contributed by atoms with Crippen molar-refractivity contribution >= 4 is 5.91 Å². The molecule has 1 fully saturated rings. The summed E-state index contributed by atoms with van der Waals surface area (Å²) in [5.41, 5.74) is -2.28. The van der Waals surface area contributed by atoms with Gasteiger partial charge in [0.05, 0.1) is 17.2 Å². The van der Waals surface area contributed by atoms with Gasteiger partial charge in [0, 0.05) is 20.1 Å². The molecule has 0 aliphatic carbocycles. The van der Waals surface area contributed by atoms with E-state index in [1.165, 1.54) is 19.2 Å². The van der Waals surface area contributed by atoms with Gasteiger partial charge in [0.2, 0.25) is 5.91 Å². The van der Waals surface area contributed by atoms with E-state index in [0.717, 1.165) is 23.3 Å². The molecule has 1 heterocycles. The molecule has 2 aromatic rings. The predicted molar refractivity (Wildman–Crippen MR) is 107 cm³/mol. The molecule has 0 N–H and O–H groups in total. The number of halogens is 7. The van der Waals surface area contributed by atoms with Gasteiger partial charge in [-0.1, -0.05) is 18.6 Å². The fourth-order valence-electron chi connectivity index (χ4n) is 4.00. The number of likely N-dealkylation sites (tertiary alicyclic amines) is 1. The first-order chi connectivity index (χ1) is 15.3. The molecule has 1 aliphatic heterocycles. The predicted octanol–water partition coefficient (Wildman–Crippen LogP) is 5.88. The SMILES string of the molecule is CN(Cc1cc(C(F)(F)F)cc(C(F)(F)F)c1)C(=O)C1CCCCN1Cc1ccc(F)cc1. The topological polar surface area (TPSA) is 23.6 Å². The zero-order valence-electron chi connectivity index (χ0n) is 17.8. The Morgan fingerprint density at radius 1 is 0.939 bits per heavy atom. The number of carbonyl (C=O) groups excluding carboxylic acids is 1. The minimum atomic E-state index is -4.95. The van der Waals surface area contributed by atoms with Crippen LogP contribution in [0, 0.1) is 5.82 Å². The molecule has 1 aliphatic rings. The summed E-state index contributed by atoms with van der Waals surface area (Å²) in [7, 11) is 1.36. The molecule has 33 heavy (non-hydrogen) atoms. The summed E-state index contributed by atoms with van der Waals surface area (Å²) in [5, 5.41) is 0. The van der Waals surface area contributed by atoms with Gasteiger partial charge >= 0.3 is 12.4 Å². The van der Waals surface area contributed by atoms with Crippen LogP contribution in [0.25, 0.3) is 0 Å². The van der Waals surface area contributed by atoms with Crippen LogP contribution in [-0.4, -0.2) is 35.3 Å². The standard InChI is InChI=1S/C23H23F7N2O/c1-31(13-16-10-17(22(25,26)27)12-18(11-16)23(28,29)30)21(33)20-4-2-3-9-32(20)14-15-5-7-19(24)8-6-15/h5-8,10-12,20H,2-4,9,13-14H2,1H3. The lowest BCUT2D eigenvalue weighted by atomic mass is 9.99. The number of hydrogen-bond donors (Lipinski definition) is 0. The Kier molecular flexibility index (Phi) is 7.36. The number of rotatable bonds is 5. The van der Waals surface area contributed by atoms with Crippen molar-refractivity contribution in [1.29, 1.82) is 0 Å². The molecule has 0 bridgehead atoms. The van der Waals surface area contributed by atoms with Crippen molar-refractivity contribution in [2.75, 3.05) is 13.6 Å². The van der Waals surface area contributed by atoms with E-state index in [-0.39, 0.29) is 23.4 Å². The molecule has 1 atom stereocenters. The lowest BCUT2D eigenvalue weighted by molar-refractivity contribution is -0.143. The maximum atomic E-state index is 13.2. The van der Waals surface area contributed by atoms with Gasteiger partial charge in [0.25, 0.3) is 0 Å². The van der Waals surface area contributed by atoms with Crippen molar-refractivity contribution in [3.05, 3.63) is 70.5 Å². The zero-order chi connectivity index (χ0) is 24.4. The summed E-state index contributed by atoms with van der Waals surface area (Å²) in [6.07, 6.45) is -7.77. The zero-order valence-corrected chi connectivity index (χ0v) is 17.8. The molecule has 10 heteroatoms. The van der Waals surface area contributed by atoms with E-state index in [0.29, 0.717) is 31.6 Å². The van der Waals surface area contributed by atoms with Crippen LogP contribution in [0.2, 0.25) is 0 Å². The summed E-state index contributed by atoms with van der Waals surface area (Å²) in [5.74, 6) is -0.771. The second-order valence-electron chi connectivity index (χ2n) is 8.22. The maximum absolute atomic E-state index is 13.2. The van der Waals surface area contributed by atoms with Gasteiger partial charge in [0.15, 0.2) is 0 Å². The minimum absolute atomic E-state index is 0.0664. The van der Waals surface area contributed by atoms with Gasteiger partial charge in [-0.25, -0.2) is 4.39 Å². The summed E-state index contributed by atoms with van der Waals surface area (Å²) < 4.78 is 91.9. The Labute approximate surface area is 186 Å². The number of carbonyl (C=O) groups is 1. The molecular weight excluding hydrogens is 453 g/mol. The largest absolute Gasteiger partial charge is 0.416 e. The van der Waals surface area contributed by atoms with Crippen LogP contribution in [-0.2, 0) is 30.2 Å². The Hall–Kier alpha value is -2.62. The van der Waals surface area contributed by atoms with Crippen LogP contribution in [0.4, 0.5) is 30.7 Å². The number of amides is 1. The normalized spacial score (nSPS) is 17.8. The van der Waals surface area contributed by atoms with Gasteiger partial charge in [-0.3, -0.25) is 9.69 Å². The second kappa shape index (κ2) is 9.70. The first-order valence-electron chi connectivity index (χ1n) is 10.4. The molecule has 2 aromatic carbocycles. The van der Waals surface area contributed by atoms with Crippen LogP contribution in [0.1, 0.15) is 41.5 Å². The summed E-state index contributed by atoms with van der Waals surface area (Å²) in [4.78, 5) is 16.2. The van der Waals surface area contributed by atoms with Crippen molar-refractivity contribution < 1.29 is 35.5 Å². The Bertz CT molecular complexity index is 938. The molecular formula is C23H23F7N2O. The highest BCUT2D eigenvalue weighted by Crippen LogP contribution is 2.36. The first kappa shape index (κ1) is 25.0. The van der Waals surface area contributed by atoms with Gasteiger partial charge < -0.3 is 4.90 Å². The van der Waals surface area contributed by atoms with Gasteiger partial charge in [0.1, 0.15) is 5.82 Å². The number of hydrogen-bond acceptors (Lipinski definition) is 2. The van der Waals surface area contributed by atoms with Crippen LogP contribution in [0.5, 0.6) is 0 Å². The third kappa shape index (κ3) is 6.46. The summed E-state index contributed by atoms with van der Waals surface area (Å²) in [6, 6.07) is 6.61. The first-order valence-corrected chi connectivity index (χ1v) is 10.4. The molecule has 1 unspecified atom stereocenters. The minimum Gasteiger partial charge on any atom is -0.340 e. The number of benzene rings is 2. The number of alkyl halides is 6. The number of piperidine rings is 1. The van der Waals surface area contributed by atoms with Crippen molar-refractivity contribution in [2.45, 2.75) is 50.7 Å². The maximum Gasteiger partial charge on any atom is 0.416 e. The van der Waals surface area contributed by atoms with Crippen molar-refractivity contribution in [3.8, 4) is 0 Å². The average molecular weight is 476 g/mol. The highest BCUT2D eigenvalue weighted by molar-refractivity contribution is 5.81. The van der Waals surface area contributed by atoms with Crippen LogP contribution in [0.3, 0.4) is 0 Å². The summed E-state index contributed by atoms with van der Waals surface area (Å²) in [6.45, 7) is 0.586. The molecule has 0 radical (unpaired) electrons. The van der Waals surface area contributed by atoms with E-state index in [9.17, 15) is 35.5 Å². The highest BCUT2D eigenvalue weighted by Gasteiger charge is 2.37. The van der Waals surface area contributed by atoms with Crippen LogP contribution < -0.4 is 0 Å². The molecule has 0 saturated carbocycles. The van der Waals surface area contributed by atoms with E-state index in [1.54, 1.807) is 12.1 Å². The lowest BCUT2D eigenvalue weighted by Crippen LogP contribution is -2.49. The monoisotopic (exact) mass is 476 g/mol. The van der Waals surface area contributed by atoms with E-state index in [1.807, 2.05) is 4.90 Å². The smallest absolute Gasteiger partial charge is 0.340 e. The fourth-order valence-corrected chi connectivity index (χ4v) is 4.00. The van der Waals surface area contributed by atoms with Crippen molar-refractivity contribution in [2.24, 2.45) is 0 Å². The summed E-state index contributed by atoms with van der Waals surface area (Å²) >= 11 is 0. The quantitative estimate of drug-likeness (QED) is 0.504. The molecule has 0 aromatic heterocycles. The Morgan fingerprint density at radius 3 is 2.06 bits per heavy atom. The third-order valence-corrected chi connectivity index (χ3v) is 5.64. The van der Waals surface area contributed by atoms with Crippen LogP contribution in [0.15, 0.2) is 42.5 Å². The van der Waals surface area contributed by atoms with E-state index in [2.05, 4.69) is 0 Å². The molecule has 1 amide bonds. The second-order valence-corrected chi connectivity index (χ2v) is 8.22. The number of nitrogens with zero attached hydrogens (tertiary/aromatic N) is 2. The lowest BCUT2D eigenvalue weighted by Gasteiger charge is -2.37. The number of likely N-dealkylation sites (N-methyl/N-ethyl adjacent to an activating group) is 1. The van der Waals surface area contributed by atoms with Gasteiger partial charge in [-0.15, -0.1) is 0 Å². The van der Waals surface area contributed by atoms with E-state index in [4.69, 9.17) is 0 Å². The highest BCUT2D eigenvalue weighted by atomic mass is 19.4. The molecule has 3 rings (SSSR count).